The Labute approximate surface area is 171 Å². The minimum Gasteiger partial charge on any atom is -0.355 e. The number of halogens is 2. The molecule has 1 aliphatic heterocycles. The quantitative estimate of drug-likeness (QED) is 0.659. The zero-order chi connectivity index (χ0) is 21.1. The van der Waals surface area contributed by atoms with Crippen LogP contribution in [-0.4, -0.2) is 47.0 Å². The summed E-state index contributed by atoms with van der Waals surface area (Å²) < 4.78 is 32.2. The van der Waals surface area contributed by atoms with E-state index >= 15 is 0 Å². The zero-order valence-electron chi connectivity index (χ0n) is 16.0. The van der Waals surface area contributed by atoms with Gasteiger partial charge in [0.25, 0.3) is 5.91 Å². The molecule has 3 aromatic rings. The van der Waals surface area contributed by atoms with Gasteiger partial charge in [0, 0.05) is 32.2 Å². The van der Waals surface area contributed by atoms with Crippen LogP contribution in [0.5, 0.6) is 0 Å². The number of piperazine rings is 1. The Morgan fingerprint density at radius 2 is 1.77 bits per heavy atom. The van der Waals surface area contributed by atoms with Gasteiger partial charge < -0.3 is 9.42 Å². The van der Waals surface area contributed by atoms with E-state index in [1.165, 1.54) is 24.3 Å². The number of nitrogens with zero attached hydrogens (tertiary/aromatic N) is 4. The minimum absolute atomic E-state index is 0.108. The van der Waals surface area contributed by atoms with Gasteiger partial charge in [-0.05, 0) is 29.8 Å². The van der Waals surface area contributed by atoms with Crippen molar-refractivity contribution < 1.29 is 18.1 Å². The molecule has 0 saturated carbocycles. The average molecular weight is 408 g/mol. The van der Waals surface area contributed by atoms with Crippen LogP contribution < -0.4 is 0 Å². The van der Waals surface area contributed by atoms with Crippen LogP contribution in [-0.2, 0) is 0 Å². The maximum absolute atomic E-state index is 13.9. The number of benzene rings is 2. The number of hydrogen-bond donors (Lipinski definition) is 0. The van der Waals surface area contributed by atoms with Gasteiger partial charge in [-0.3, -0.25) is 9.69 Å². The molecule has 1 saturated heterocycles. The largest absolute Gasteiger partial charge is 0.355 e. The molecular formula is C22H18F2N4O2. The lowest BCUT2D eigenvalue weighted by Crippen LogP contribution is -2.49. The second kappa shape index (κ2) is 8.43. The average Bonchev–Trinajstić information content (AvgIpc) is 3.26. The molecule has 0 bridgehead atoms. The Hall–Kier alpha value is -3.57. The summed E-state index contributed by atoms with van der Waals surface area (Å²) in [5.74, 6) is -0.926. The van der Waals surface area contributed by atoms with Crippen LogP contribution in [0.4, 0.5) is 8.78 Å². The normalized spacial score (nSPS) is 15.6. The number of hydrogen-bond acceptors (Lipinski definition) is 5. The first-order valence-electron chi connectivity index (χ1n) is 9.47. The summed E-state index contributed by atoms with van der Waals surface area (Å²) in [4.78, 5) is 16.3. The van der Waals surface area contributed by atoms with Crippen LogP contribution in [0.1, 0.15) is 22.1 Å². The topological polar surface area (TPSA) is 73.4 Å². The van der Waals surface area contributed by atoms with Crippen molar-refractivity contribution in [2.75, 3.05) is 26.2 Å². The first-order chi connectivity index (χ1) is 14.6. The second-order valence-corrected chi connectivity index (χ2v) is 6.97. The van der Waals surface area contributed by atoms with Gasteiger partial charge >= 0.3 is 0 Å². The van der Waals surface area contributed by atoms with Gasteiger partial charge in [-0.2, -0.15) is 5.26 Å². The molecule has 1 atom stereocenters. The molecule has 2 heterocycles. The van der Waals surface area contributed by atoms with Gasteiger partial charge in [-0.25, -0.2) is 8.78 Å². The van der Waals surface area contributed by atoms with E-state index in [2.05, 4.69) is 11.2 Å². The molecule has 1 fully saturated rings. The molecule has 0 aliphatic carbocycles. The smallest absolute Gasteiger partial charge is 0.276 e. The summed E-state index contributed by atoms with van der Waals surface area (Å²) in [6, 6.07) is 15.1. The third kappa shape index (κ3) is 3.93. The lowest BCUT2D eigenvalue weighted by molar-refractivity contribution is 0.0596. The monoisotopic (exact) mass is 408 g/mol. The molecule has 1 amide bonds. The molecule has 152 valence electrons. The summed E-state index contributed by atoms with van der Waals surface area (Å²) in [6.45, 7) is 1.78. The first-order valence-corrected chi connectivity index (χ1v) is 9.47. The molecule has 0 radical (unpaired) electrons. The summed E-state index contributed by atoms with van der Waals surface area (Å²) in [5.41, 5.74) is 1.06. The lowest BCUT2D eigenvalue weighted by Gasteiger charge is -2.36. The van der Waals surface area contributed by atoms with Crippen molar-refractivity contribution in [3.63, 3.8) is 0 Å². The van der Waals surface area contributed by atoms with E-state index in [1.54, 1.807) is 35.2 Å². The molecule has 1 aromatic heterocycles. The van der Waals surface area contributed by atoms with Crippen LogP contribution in [0.25, 0.3) is 11.3 Å². The molecule has 8 heteroatoms. The van der Waals surface area contributed by atoms with Gasteiger partial charge in [0.2, 0.25) is 0 Å². The lowest BCUT2D eigenvalue weighted by atomic mass is 10.1. The predicted molar refractivity (Wildman–Crippen MR) is 104 cm³/mol. The van der Waals surface area contributed by atoms with Crippen LogP contribution >= 0.6 is 0 Å². The Kier molecular flexibility index (Phi) is 5.55. The second-order valence-electron chi connectivity index (χ2n) is 6.97. The minimum atomic E-state index is -0.512. The van der Waals surface area contributed by atoms with E-state index in [1.807, 2.05) is 4.90 Å². The number of rotatable bonds is 4. The number of aromatic nitrogens is 1. The fraction of sp³-hybridized carbons (Fsp3) is 0.227. The van der Waals surface area contributed by atoms with Crippen molar-refractivity contribution in [2.24, 2.45) is 0 Å². The SMILES string of the molecule is N#C[C@H](c1ccc(F)cc1)N1CCN(C(=O)c2cc(-c3ccccc3F)on2)CC1. The number of nitriles is 1. The van der Waals surface area contributed by atoms with E-state index < -0.39 is 11.9 Å². The van der Waals surface area contributed by atoms with Crippen LogP contribution in [0.15, 0.2) is 59.1 Å². The summed E-state index contributed by atoms with van der Waals surface area (Å²) >= 11 is 0. The zero-order valence-corrected chi connectivity index (χ0v) is 16.0. The molecule has 0 unspecified atom stereocenters. The fourth-order valence-electron chi connectivity index (χ4n) is 3.52. The Balaban J connectivity index is 1.42. The molecule has 0 N–H and O–H groups in total. The molecule has 1 aliphatic rings. The van der Waals surface area contributed by atoms with Crippen molar-refractivity contribution >= 4 is 5.91 Å². The van der Waals surface area contributed by atoms with E-state index in [9.17, 15) is 18.8 Å². The van der Waals surface area contributed by atoms with E-state index in [0.717, 1.165) is 0 Å². The Bertz CT molecular complexity index is 1080. The van der Waals surface area contributed by atoms with Crippen LogP contribution in [0, 0.1) is 23.0 Å². The van der Waals surface area contributed by atoms with Crippen molar-refractivity contribution in [1.29, 1.82) is 5.26 Å². The van der Waals surface area contributed by atoms with Crippen LogP contribution in [0.2, 0.25) is 0 Å². The molecule has 0 spiro atoms. The first kappa shape index (κ1) is 19.7. The van der Waals surface area contributed by atoms with Crippen molar-refractivity contribution in [3.8, 4) is 17.4 Å². The van der Waals surface area contributed by atoms with Gasteiger partial charge in [-0.15, -0.1) is 0 Å². The highest BCUT2D eigenvalue weighted by Crippen LogP contribution is 2.25. The molecule has 30 heavy (non-hydrogen) atoms. The third-order valence-corrected chi connectivity index (χ3v) is 5.14. The number of carbonyl (C=O) groups is 1. The van der Waals surface area contributed by atoms with Crippen LogP contribution in [0.3, 0.4) is 0 Å². The summed E-state index contributed by atoms with van der Waals surface area (Å²) in [7, 11) is 0. The van der Waals surface area contributed by atoms with Crippen molar-refractivity contribution in [2.45, 2.75) is 6.04 Å². The predicted octanol–water partition coefficient (Wildman–Crippen LogP) is 3.64. The van der Waals surface area contributed by atoms with Crippen molar-refractivity contribution in [3.05, 3.63) is 77.5 Å². The summed E-state index contributed by atoms with van der Waals surface area (Å²) in [5, 5.41) is 13.4. The molecule has 2 aromatic carbocycles. The maximum atomic E-state index is 13.9. The number of carbonyl (C=O) groups excluding carboxylic acids is 1. The molecule has 4 rings (SSSR count). The van der Waals surface area contributed by atoms with Gasteiger partial charge in [0.1, 0.15) is 17.7 Å². The molecule has 6 nitrogen and oxygen atoms in total. The molecular weight excluding hydrogens is 390 g/mol. The Morgan fingerprint density at radius 1 is 1.07 bits per heavy atom. The van der Waals surface area contributed by atoms with Gasteiger partial charge in [-0.1, -0.05) is 29.4 Å². The highest BCUT2D eigenvalue weighted by atomic mass is 19.1. The fourth-order valence-corrected chi connectivity index (χ4v) is 3.52. The van der Waals surface area contributed by atoms with Crippen molar-refractivity contribution in [1.82, 2.24) is 15.0 Å². The highest BCUT2D eigenvalue weighted by Gasteiger charge is 2.29. The van der Waals surface area contributed by atoms with Gasteiger partial charge in [0.15, 0.2) is 11.5 Å². The van der Waals surface area contributed by atoms with E-state index in [0.29, 0.717) is 31.7 Å². The summed E-state index contributed by atoms with van der Waals surface area (Å²) in [6.07, 6.45) is 0. The maximum Gasteiger partial charge on any atom is 0.276 e. The van der Waals surface area contributed by atoms with E-state index in [4.69, 9.17) is 4.52 Å². The Morgan fingerprint density at radius 3 is 2.43 bits per heavy atom. The number of amides is 1. The third-order valence-electron chi connectivity index (χ3n) is 5.14. The highest BCUT2D eigenvalue weighted by molar-refractivity contribution is 5.93. The van der Waals surface area contributed by atoms with Gasteiger partial charge in [0.05, 0.1) is 11.6 Å². The standard InChI is InChI=1S/C22H18F2N4O2/c23-16-7-5-15(6-8-16)20(14-25)27-9-11-28(12-10-27)22(29)19-13-21(30-26-19)17-3-1-2-4-18(17)24/h1-8,13,20H,9-12H2/t20-/m1/s1. The van der Waals surface area contributed by atoms with E-state index in [-0.39, 0.29) is 28.7 Å².